The molecule has 3 nitrogen and oxygen atoms in total. The fourth-order valence-electron chi connectivity index (χ4n) is 0.889. The molecule has 0 saturated heterocycles. The van der Waals surface area contributed by atoms with Crippen LogP contribution in [0.2, 0.25) is 0 Å². The summed E-state index contributed by atoms with van der Waals surface area (Å²) in [5, 5.41) is 0. The Labute approximate surface area is 66.2 Å². The van der Waals surface area contributed by atoms with E-state index in [-0.39, 0.29) is 0 Å². The average Bonchev–Trinajstić information content (AvgIpc) is 2.05. The Morgan fingerprint density at radius 1 is 1.55 bits per heavy atom. The topological polar surface area (TPSA) is 48.1 Å². The molecule has 0 aliphatic heterocycles. The Bertz CT molecular complexity index is 248. The van der Waals surface area contributed by atoms with Crippen molar-refractivity contribution in [1.29, 1.82) is 0 Å². The summed E-state index contributed by atoms with van der Waals surface area (Å²) in [5.41, 5.74) is 7.26. The first-order valence-corrected chi connectivity index (χ1v) is 3.57. The summed E-state index contributed by atoms with van der Waals surface area (Å²) in [5.74, 6) is 0.621. The molecule has 0 aliphatic rings. The molecule has 0 amide bonds. The molecule has 0 aliphatic carbocycles. The maximum Gasteiger partial charge on any atom is 0.213 e. The van der Waals surface area contributed by atoms with E-state index in [1.54, 1.807) is 13.2 Å². The minimum absolute atomic E-state index is 0.621. The second kappa shape index (κ2) is 3.23. The van der Waals surface area contributed by atoms with Crippen LogP contribution in [-0.4, -0.2) is 12.1 Å². The minimum Gasteiger partial charge on any atom is -0.481 e. The van der Waals surface area contributed by atoms with Crippen molar-refractivity contribution in [3.05, 3.63) is 17.8 Å². The highest BCUT2D eigenvalue weighted by atomic mass is 16.5. The largest absolute Gasteiger partial charge is 0.481 e. The van der Waals surface area contributed by atoms with Crippen LogP contribution >= 0.6 is 0 Å². The molecule has 0 aromatic carbocycles. The van der Waals surface area contributed by atoms with Crippen LogP contribution in [0.1, 0.15) is 12.6 Å². The fraction of sp³-hybridized carbons (Fsp3) is 0.375. The number of anilines is 1. The zero-order valence-corrected chi connectivity index (χ0v) is 6.79. The Hall–Kier alpha value is -1.25. The van der Waals surface area contributed by atoms with Crippen LogP contribution in [0, 0.1) is 0 Å². The molecule has 0 radical (unpaired) electrons. The van der Waals surface area contributed by atoms with E-state index in [9.17, 15) is 0 Å². The van der Waals surface area contributed by atoms with Gasteiger partial charge in [0.1, 0.15) is 0 Å². The van der Waals surface area contributed by atoms with Crippen molar-refractivity contribution in [2.75, 3.05) is 12.8 Å². The number of methoxy groups -OCH3 is 1. The Kier molecular flexibility index (Phi) is 2.31. The monoisotopic (exact) mass is 152 g/mol. The molecule has 0 unspecified atom stereocenters. The van der Waals surface area contributed by atoms with E-state index in [0.717, 1.165) is 17.8 Å². The van der Waals surface area contributed by atoms with E-state index < -0.39 is 0 Å². The zero-order chi connectivity index (χ0) is 8.27. The van der Waals surface area contributed by atoms with Crippen LogP contribution in [0.4, 0.5) is 5.69 Å². The molecule has 2 N–H and O–H groups in total. The van der Waals surface area contributed by atoms with Gasteiger partial charge in [-0.25, -0.2) is 4.98 Å². The number of nitrogens with two attached hydrogens (primary N) is 1. The van der Waals surface area contributed by atoms with Gasteiger partial charge in [0.15, 0.2) is 0 Å². The van der Waals surface area contributed by atoms with E-state index in [2.05, 4.69) is 4.98 Å². The standard InChI is InChI=1S/C8H12N2O/c1-3-7-6(9)4-5-8(10-7)11-2/h4-5H,3,9H2,1-2H3. The Morgan fingerprint density at radius 3 is 2.82 bits per heavy atom. The van der Waals surface area contributed by atoms with Gasteiger partial charge < -0.3 is 10.5 Å². The lowest BCUT2D eigenvalue weighted by Crippen LogP contribution is -1.98. The van der Waals surface area contributed by atoms with Crippen LogP contribution in [0.3, 0.4) is 0 Å². The van der Waals surface area contributed by atoms with Gasteiger partial charge in [-0.3, -0.25) is 0 Å². The predicted octanol–water partition coefficient (Wildman–Crippen LogP) is 1.23. The molecule has 0 fully saturated rings. The second-order valence-corrected chi connectivity index (χ2v) is 2.24. The normalized spacial score (nSPS) is 9.64. The summed E-state index contributed by atoms with van der Waals surface area (Å²) in [7, 11) is 1.60. The number of nitrogen functional groups attached to an aromatic ring is 1. The van der Waals surface area contributed by atoms with E-state index in [1.807, 2.05) is 13.0 Å². The van der Waals surface area contributed by atoms with Crippen LogP contribution in [0.25, 0.3) is 0 Å². The van der Waals surface area contributed by atoms with Crippen molar-refractivity contribution in [1.82, 2.24) is 4.98 Å². The van der Waals surface area contributed by atoms with Gasteiger partial charge in [-0.05, 0) is 12.5 Å². The molecule has 1 rings (SSSR count). The molecule has 0 bridgehead atoms. The zero-order valence-electron chi connectivity index (χ0n) is 6.79. The minimum atomic E-state index is 0.621. The number of pyridine rings is 1. The van der Waals surface area contributed by atoms with E-state index in [0.29, 0.717) is 5.88 Å². The quantitative estimate of drug-likeness (QED) is 0.693. The molecular weight excluding hydrogens is 140 g/mol. The molecule has 3 heteroatoms. The first kappa shape index (κ1) is 7.85. The van der Waals surface area contributed by atoms with Crippen molar-refractivity contribution in [2.24, 2.45) is 0 Å². The maximum atomic E-state index is 5.64. The van der Waals surface area contributed by atoms with Crippen molar-refractivity contribution >= 4 is 5.69 Å². The van der Waals surface area contributed by atoms with Gasteiger partial charge in [-0.1, -0.05) is 6.92 Å². The molecule has 0 spiro atoms. The van der Waals surface area contributed by atoms with Crippen LogP contribution in [-0.2, 0) is 6.42 Å². The lowest BCUT2D eigenvalue weighted by molar-refractivity contribution is 0.396. The van der Waals surface area contributed by atoms with Gasteiger partial charge in [0.25, 0.3) is 0 Å². The van der Waals surface area contributed by atoms with Crippen LogP contribution in [0.15, 0.2) is 12.1 Å². The van der Waals surface area contributed by atoms with Gasteiger partial charge >= 0.3 is 0 Å². The number of nitrogens with zero attached hydrogens (tertiary/aromatic N) is 1. The van der Waals surface area contributed by atoms with Crippen molar-refractivity contribution < 1.29 is 4.74 Å². The smallest absolute Gasteiger partial charge is 0.213 e. The van der Waals surface area contributed by atoms with E-state index in [1.165, 1.54) is 0 Å². The van der Waals surface area contributed by atoms with Gasteiger partial charge in [0.2, 0.25) is 5.88 Å². The Morgan fingerprint density at radius 2 is 2.27 bits per heavy atom. The third kappa shape index (κ3) is 1.61. The number of aryl methyl sites for hydroxylation is 1. The van der Waals surface area contributed by atoms with Crippen molar-refractivity contribution in [3.63, 3.8) is 0 Å². The van der Waals surface area contributed by atoms with Gasteiger partial charge in [-0.15, -0.1) is 0 Å². The van der Waals surface area contributed by atoms with Crippen LogP contribution < -0.4 is 10.5 Å². The summed E-state index contributed by atoms with van der Waals surface area (Å²) >= 11 is 0. The fourth-order valence-corrected chi connectivity index (χ4v) is 0.889. The SMILES string of the molecule is CCc1nc(OC)ccc1N. The van der Waals surface area contributed by atoms with Crippen molar-refractivity contribution in [2.45, 2.75) is 13.3 Å². The summed E-state index contributed by atoms with van der Waals surface area (Å²) < 4.78 is 4.94. The summed E-state index contributed by atoms with van der Waals surface area (Å²) in [4.78, 5) is 4.16. The molecule has 11 heavy (non-hydrogen) atoms. The first-order valence-electron chi connectivity index (χ1n) is 3.57. The highest BCUT2D eigenvalue weighted by Gasteiger charge is 1.99. The molecule has 0 atom stereocenters. The summed E-state index contributed by atoms with van der Waals surface area (Å²) in [6.45, 7) is 2.01. The predicted molar refractivity (Wildman–Crippen MR) is 44.6 cm³/mol. The first-order chi connectivity index (χ1) is 5.27. The molecule has 1 aromatic rings. The van der Waals surface area contributed by atoms with Crippen LogP contribution in [0.5, 0.6) is 5.88 Å². The number of hydrogen-bond donors (Lipinski definition) is 1. The molecule has 1 aromatic heterocycles. The lowest BCUT2D eigenvalue weighted by Gasteiger charge is -2.03. The summed E-state index contributed by atoms with van der Waals surface area (Å²) in [6, 6.07) is 3.57. The van der Waals surface area contributed by atoms with Gasteiger partial charge in [0.05, 0.1) is 18.5 Å². The molecule has 0 saturated carbocycles. The number of ether oxygens (including phenoxy) is 1. The third-order valence-corrected chi connectivity index (χ3v) is 1.53. The number of rotatable bonds is 2. The van der Waals surface area contributed by atoms with Crippen molar-refractivity contribution in [3.8, 4) is 5.88 Å². The number of hydrogen-bond acceptors (Lipinski definition) is 3. The summed E-state index contributed by atoms with van der Waals surface area (Å²) in [6.07, 6.45) is 0.836. The van der Waals surface area contributed by atoms with Gasteiger partial charge in [-0.2, -0.15) is 0 Å². The molecule has 1 heterocycles. The molecule has 60 valence electrons. The lowest BCUT2D eigenvalue weighted by atomic mass is 10.2. The second-order valence-electron chi connectivity index (χ2n) is 2.24. The third-order valence-electron chi connectivity index (χ3n) is 1.53. The number of aromatic nitrogens is 1. The van der Waals surface area contributed by atoms with Gasteiger partial charge in [0, 0.05) is 6.07 Å². The highest BCUT2D eigenvalue weighted by molar-refractivity contribution is 5.44. The van der Waals surface area contributed by atoms with E-state index in [4.69, 9.17) is 10.5 Å². The highest BCUT2D eigenvalue weighted by Crippen LogP contribution is 2.14. The maximum absolute atomic E-state index is 5.64. The molecular formula is C8H12N2O. The Balaban J connectivity index is 3.02. The average molecular weight is 152 g/mol. The van der Waals surface area contributed by atoms with E-state index >= 15 is 0 Å².